The number of hydrogen-bond donors (Lipinski definition) is 1. The van der Waals surface area contributed by atoms with Gasteiger partial charge >= 0.3 is 5.97 Å². The van der Waals surface area contributed by atoms with Crippen LogP contribution in [-0.2, 0) is 10.2 Å². The molecule has 0 atom stereocenters. The van der Waals surface area contributed by atoms with Crippen LogP contribution in [0.4, 0.5) is 0 Å². The van der Waals surface area contributed by atoms with Crippen LogP contribution in [0.2, 0.25) is 0 Å². The monoisotopic (exact) mass is 262 g/mol. The number of carboxylic acids is 1. The van der Waals surface area contributed by atoms with Gasteiger partial charge in [-0.3, -0.25) is 4.79 Å². The molecule has 0 aromatic carbocycles. The van der Waals surface area contributed by atoms with Gasteiger partial charge in [0.1, 0.15) is 5.82 Å². The normalized spacial score (nSPS) is 24.2. The molecule has 1 fully saturated rings. The number of carbonyl (C=O) groups is 1. The fourth-order valence-electron chi connectivity index (χ4n) is 2.59. The molecule has 0 unspecified atom stereocenters. The molecule has 1 aromatic rings. The first-order chi connectivity index (χ1) is 8.88. The molecule has 2 rings (SSSR count). The van der Waals surface area contributed by atoms with Gasteiger partial charge in [-0.05, 0) is 31.7 Å². The Balaban J connectivity index is 2.10. The number of aliphatic carboxylic acids is 1. The van der Waals surface area contributed by atoms with Crippen LogP contribution in [0.3, 0.4) is 0 Å². The molecule has 104 valence electrons. The Bertz CT molecular complexity index is 457. The molecular weight excluding hydrogens is 240 g/mol. The summed E-state index contributed by atoms with van der Waals surface area (Å²) in [5.74, 6) is 0.360. The Morgan fingerprint density at radius 2 is 1.89 bits per heavy atom. The fourth-order valence-corrected chi connectivity index (χ4v) is 2.59. The second kappa shape index (κ2) is 5.27. The van der Waals surface area contributed by atoms with E-state index in [9.17, 15) is 4.79 Å². The van der Waals surface area contributed by atoms with Crippen molar-refractivity contribution in [3.8, 4) is 0 Å². The molecule has 1 aromatic heterocycles. The van der Waals surface area contributed by atoms with Crippen molar-refractivity contribution in [2.75, 3.05) is 0 Å². The van der Waals surface area contributed by atoms with E-state index in [-0.39, 0.29) is 11.3 Å². The van der Waals surface area contributed by atoms with Crippen LogP contribution in [0.1, 0.15) is 63.9 Å². The molecule has 4 nitrogen and oxygen atoms in total. The number of hydrogen-bond acceptors (Lipinski definition) is 3. The second-order valence-corrected chi connectivity index (χ2v) is 6.44. The van der Waals surface area contributed by atoms with Gasteiger partial charge < -0.3 is 5.11 Å². The topological polar surface area (TPSA) is 63.1 Å². The molecule has 0 spiro atoms. The maximum absolute atomic E-state index is 11.0. The SMILES string of the molecule is CC(C)(C)c1ccnc(C2CCC(C(=O)O)CC2)n1. The van der Waals surface area contributed by atoms with Gasteiger partial charge in [0.25, 0.3) is 0 Å². The van der Waals surface area contributed by atoms with Crippen molar-refractivity contribution in [1.29, 1.82) is 0 Å². The van der Waals surface area contributed by atoms with Gasteiger partial charge in [0.2, 0.25) is 0 Å². The standard InChI is InChI=1S/C15H22N2O2/c1-15(2,3)12-8-9-16-13(17-12)10-4-6-11(7-5-10)14(18)19/h8-11H,4-7H2,1-3H3,(H,18,19). The molecule has 0 amide bonds. The molecule has 1 N–H and O–H groups in total. The predicted octanol–water partition coefficient (Wildman–Crippen LogP) is 3.13. The Morgan fingerprint density at radius 1 is 1.26 bits per heavy atom. The van der Waals surface area contributed by atoms with Crippen LogP contribution in [0.25, 0.3) is 0 Å². The molecule has 0 radical (unpaired) electrons. The molecule has 4 heteroatoms. The summed E-state index contributed by atoms with van der Waals surface area (Å²) in [4.78, 5) is 20.0. The summed E-state index contributed by atoms with van der Waals surface area (Å²) in [6.07, 6.45) is 5.06. The van der Waals surface area contributed by atoms with E-state index in [4.69, 9.17) is 5.11 Å². The minimum absolute atomic E-state index is 0.0238. The summed E-state index contributed by atoms with van der Waals surface area (Å²) in [6.45, 7) is 6.42. The van der Waals surface area contributed by atoms with Crippen molar-refractivity contribution in [2.24, 2.45) is 5.92 Å². The summed E-state index contributed by atoms with van der Waals surface area (Å²) < 4.78 is 0. The zero-order valence-electron chi connectivity index (χ0n) is 11.9. The fraction of sp³-hybridized carbons (Fsp3) is 0.667. The maximum Gasteiger partial charge on any atom is 0.306 e. The van der Waals surface area contributed by atoms with E-state index in [1.165, 1.54) is 0 Å². The van der Waals surface area contributed by atoms with Crippen LogP contribution in [0, 0.1) is 5.92 Å². The van der Waals surface area contributed by atoms with Crippen LogP contribution in [-0.4, -0.2) is 21.0 Å². The lowest BCUT2D eigenvalue weighted by Crippen LogP contribution is -2.22. The first kappa shape index (κ1) is 14.0. The summed E-state index contributed by atoms with van der Waals surface area (Å²) in [7, 11) is 0. The minimum Gasteiger partial charge on any atom is -0.481 e. The van der Waals surface area contributed by atoms with E-state index in [1.54, 1.807) is 0 Å². The molecule has 1 aliphatic carbocycles. The number of nitrogens with zero attached hydrogens (tertiary/aromatic N) is 2. The predicted molar refractivity (Wildman–Crippen MR) is 73.1 cm³/mol. The van der Waals surface area contributed by atoms with Gasteiger partial charge in [-0.2, -0.15) is 0 Å². The Morgan fingerprint density at radius 3 is 2.42 bits per heavy atom. The zero-order chi connectivity index (χ0) is 14.0. The second-order valence-electron chi connectivity index (χ2n) is 6.44. The molecule has 0 aliphatic heterocycles. The molecule has 1 heterocycles. The Hall–Kier alpha value is -1.45. The molecule has 1 saturated carbocycles. The lowest BCUT2D eigenvalue weighted by molar-refractivity contribution is -0.142. The van der Waals surface area contributed by atoms with Gasteiger partial charge in [-0.25, -0.2) is 9.97 Å². The van der Waals surface area contributed by atoms with Gasteiger partial charge in [-0.15, -0.1) is 0 Å². The first-order valence-electron chi connectivity index (χ1n) is 6.94. The first-order valence-corrected chi connectivity index (χ1v) is 6.94. The maximum atomic E-state index is 11.0. The molecular formula is C15H22N2O2. The van der Waals surface area contributed by atoms with E-state index in [0.717, 1.165) is 37.2 Å². The van der Waals surface area contributed by atoms with Crippen molar-refractivity contribution in [2.45, 2.75) is 57.8 Å². The van der Waals surface area contributed by atoms with E-state index in [0.29, 0.717) is 5.92 Å². The summed E-state index contributed by atoms with van der Waals surface area (Å²) in [5, 5.41) is 9.01. The molecule has 0 saturated heterocycles. The zero-order valence-corrected chi connectivity index (χ0v) is 11.9. The van der Waals surface area contributed by atoms with Gasteiger partial charge in [-0.1, -0.05) is 20.8 Å². The highest BCUT2D eigenvalue weighted by Crippen LogP contribution is 2.34. The highest BCUT2D eigenvalue weighted by atomic mass is 16.4. The largest absolute Gasteiger partial charge is 0.481 e. The van der Waals surface area contributed by atoms with E-state index in [2.05, 4.69) is 30.7 Å². The average Bonchev–Trinajstić information content (AvgIpc) is 2.38. The molecule has 19 heavy (non-hydrogen) atoms. The highest BCUT2D eigenvalue weighted by molar-refractivity contribution is 5.70. The van der Waals surface area contributed by atoms with Crippen LogP contribution >= 0.6 is 0 Å². The van der Waals surface area contributed by atoms with Crippen LogP contribution < -0.4 is 0 Å². The Labute approximate surface area is 114 Å². The number of carboxylic acid groups (broad SMARTS) is 1. The third kappa shape index (κ3) is 3.31. The summed E-state index contributed by atoms with van der Waals surface area (Å²) >= 11 is 0. The number of aromatic nitrogens is 2. The minimum atomic E-state index is -0.664. The van der Waals surface area contributed by atoms with Gasteiger partial charge in [0.15, 0.2) is 0 Å². The van der Waals surface area contributed by atoms with Gasteiger partial charge in [0.05, 0.1) is 5.92 Å². The van der Waals surface area contributed by atoms with E-state index in [1.807, 2.05) is 12.3 Å². The average molecular weight is 262 g/mol. The quantitative estimate of drug-likeness (QED) is 0.889. The van der Waals surface area contributed by atoms with Crippen LogP contribution in [0.5, 0.6) is 0 Å². The lowest BCUT2D eigenvalue weighted by atomic mass is 9.81. The lowest BCUT2D eigenvalue weighted by Gasteiger charge is -2.26. The van der Waals surface area contributed by atoms with Gasteiger partial charge in [0, 0.05) is 23.2 Å². The highest BCUT2D eigenvalue weighted by Gasteiger charge is 2.28. The third-order valence-corrected chi connectivity index (χ3v) is 3.88. The van der Waals surface area contributed by atoms with Crippen molar-refractivity contribution in [3.05, 3.63) is 23.8 Å². The summed E-state index contributed by atoms with van der Waals surface area (Å²) in [5.41, 5.74) is 1.08. The smallest absolute Gasteiger partial charge is 0.306 e. The van der Waals surface area contributed by atoms with Crippen molar-refractivity contribution >= 4 is 5.97 Å². The van der Waals surface area contributed by atoms with E-state index >= 15 is 0 Å². The third-order valence-electron chi connectivity index (χ3n) is 3.88. The molecule has 1 aliphatic rings. The summed E-state index contributed by atoms with van der Waals surface area (Å²) in [6, 6.07) is 1.96. The van der Waals surface area contributed by atoms with Crippen molar-refractivity contribution in [1.82, 2.24) is 9.97 Å². The van der Waals surface area contributed by atoms with Crippen LogP contribution in [0.15, 0.2) is 12.3 Å². The number of rotatable bonds is 2. The molecule has 0 bridgehead atoms. The van der Waals surface area contributed by atoms with Crippen molar-refractivity contribution < 1.29 is 9.90 Å². The van der Waals surface area contributed by atoms with Crippen molar-refractivity contribution in [3.63, 3.8) is 0 Å². The Kier molecular flexibility index (Phi) is 3.88. The van der Waals surface area contributed by atoms with E-state index < -0.39 is 5.97 Å².